The SMILES string of the molecule is Cc1cccc2c1nc(C(C)Cl)n2C(C)(C)C(N)=O. The first-order valence-corrected chi connectivity index (χ1v) is 6.63. The summed E-state index contributed by atoms with van der Waals surface area (Å²) in [5, 5.41) is -0.301. The zero-order chi connectivity index (χ0) is 14.4. The first-order chi connectivity index (χ1) is 8.76. The summed E-state index contributed by atoms with van der Waals surface area (Å²) in [6.45, 7) is 7.38. The summed E-state index contributed by atoms with van der Waals surface area (Å²) < 4.78 is 1.84. The summed E-state index contributed by atoms with van der Waals surface area (Å²) in [5.74, 6) is 0.252. The van der Waals surface area contributed by atoms with Gasteiger partial charge < -0.3 is 10.3 Å². The monoisotopic (exact) mass is 279 g/mol. The van der Waals surface area contributed by atoms with Gasteiger partial charge in [-0.05, 0) is 39.3 Å². The molecule has 1 amide bonds. The molecule has 1 aromatic carbocycles. The van der Waals surface area contributed by atoms with E-state index in [9.17, 15) is 4.79 Å². The molecule has 1 unspecified atom stereocenters. The molecule has 0 aliphatic heterocycles. The minimum Gasteiger partial charge on any atom is -0.368 e. The summed E-state index contributed by atoms with van der Waals surface area (Å²) in [6, 6.07) is 5.86. The number of imidazole rings is 1. The number of primary amides is 1. The average molecular weight is 280 g/mol. The van der Waals surface area contributed by atoms with Crippen LogP contribution in [-0.2, 0) is 10.3 Å². The van der Waals surface area contributed by atoms with Crippen LogP contribution in [0.15, 0.2) is 18.2 Å². The van der Waals surface area contributed by atoms with Crippen molar-refractivity contribution in [3.05, 3.63) is 29.6 Å². The number of carbonyl (C=O) groups excluding carboxylic acids is 1. The summed E-state index contributed by atoms with van der Waals surface area (Å²) in [6.07, 6.45) is 0. The van der Waals surface area contributed by atoms with Gasteiger partial charge in [-0.15, -0.1) is 11.6 Å². The van der Waals surface area contributed by atoms with Gasteiger partial charge in [0.05, 0.1) is 16.4 Å². The third-order valence-corrected chi connectivity index (χ3v) is 3.63. The van der Waals surface area contributed by atoms with Crippen LogP contribution < -0.4 is 5.73 Å². The van der Waals surface area contributed by atoms with E-state index in [4.69, 9.17) is 17.3 Å². The number of carbonyl (C=O) groups is 1. The number of nitrogens with zero attached hydrogens (tertiary/aromatic N) is 2. The molecular weight excluding hydrogens is 262 g/mol. The molecule has 0 spiro atoms. The third-order valence-electron chi connectivity index (χ3n) is 3.43. The Hall–Kier alpha value is -1.55. The third kappa shape index (κ3) is 2.10. The molecule has 2 rings (SSSR count). The molecule has 1 heterocycles. The number of halogens is 1. The van der Waals surface area contributed by atoms with Crippen molar-refractivity contribution in [3.63, 3.8) is 0 Å². The lowest BCUT2D eigenvalue weighted by atomic mass is 10.0. The zero-order valence-corrected chi connectivity index (χ0v) is 12.3. The van der Waals surface area contributed by atoms with Crippen LogP contribution in [0.2, 0.25) is 0 Å². The van der Waals surface area contributed by atoms with Crippen molar-refractivity contribution in [1.82, 2.24) is 9.55 Å². The van der Waals surface area contributed by atoms with Crippen molar-refractivity contribution in [2.45, 2.75) is 38.6 Å². The highest BCUT2D eigenvalue weighted by molar-refractivity contribution is 6.20. The lowest BCUT2D eigenvalue weighted by Gasteiger charge is -2.26. The van der Waals surface area contributed by atoms with E-state index >= 15 is 0 Å². The van der Waals surface area contributed by atoms with Crippen molar-refractivity contribution >= 4 is 28.5 Å². The first kappa shape index (κ1) is 13.9. The van der Waals surface area contributed by atoms with Crippen LogP contribution in [0.1, 0.15) is 37.5 Å². The van der Waals surface area contributed by atoms with Gasteiger partial charge in [0.15, 0.2) is 0 Å². The first-order valence-electron chi connectivity index (χ1n) is 6.19. The predicted molar refractivity (Wildman–Crippen MR) is 77.3 cm³/mol. The maximum absolute atomic E-state index is 11.8. The maximum Gasteiger partial charge on any atom is 0.243 e. The second kappa shape index (κ2) is 4.53. The van der Waals surface area contributed by atoms with E-state index in [0.717, 1.165) is 16.6 Å². The topological polar surface area (TPSA) is 60.9 Å². The van der Waals surface area contributed by atoms with Crippen LogP contribution in [0, 0.1) is 6.92 Å². The fourth-order valence-corrected chi connectivity index (χ4v) is 2.37. The second-order valence-corrected chi connectivity index (χ2v) is 5.94. The Morgan fingerprint density at radius 3 is 2.63 bits per heavy atom. The van der Waals surface area contributed by atoms with E-state index in [-0.39, 0.29) is 5.38 Å². The summed E-state index contributed by atoms with van der Waals surface area (Å²) >= 11 is 6.21. The molecule has 102 valence electrons. The molecule has 1 atom stereocenters. The summed E-state index contributed by atoms with van der Waals surface area (Å²) in [5.41, 5.74) is 7.45. The van der Waals surface area contributed by atoms with Crippen molar-refractivity contribution in [2.75, 3.05) is 0 Å². The van der Waals surface area contributed by atoms with Gasteiger partial charge in [-0.25, -0.2) is 4.98 Å². The molecule has 0 fully saturated rings. The van der Waals surface area contributed by atoms with Crippen LogP contribution in [0.3, 0.4) is 0 Å². The molecule has 2 N–H and O–H groups in total. The zero-order valence-electron chi connectivity index (χ0n) is 11.6. The quantitative estimate of drug-likeness (QED) is 0.878. The lowest BCUT2D eigenvalue weighted by Crippen LogP contribution is -2.42. The minimum atomic E-state index is -0.874. The Morgan fingerprint density at radius 2 is 2.11 bits per heavy atom. The van der Waals surface area contributed by atoms with E-state index in [1.54, 1.807) is 13.8 Å². The van der Waals surface area contributed by atoms with Crippen molar-refractivity contribution in [2.24, 2.45) is 5.73 Å². The van der Waals surface area contributed by atoms with E-state index in [0.29, 0.717) is 5.82 Å². The Kier molecular flexibility index (Phi) is 3.31. The Bertz CT molecular complexity index is 643. The van der Waals surface area contributed by atoms with Gasteiger partial charge in [0.1, 0.15) is 11.4 Å². The Balaban J connectivity index is 2.88. The molecular formula is C14H18ClN3O. The number of para-hydroxylation sites is 1. The van der Waals surface area contributed by atoms with Gasteiger partial charge in [0.2, 0.25) is 5.91 Å². The normalized spacial score (nSPS) is 13.7. The summed E-state index contributed by atoms with van der Waals surface area (Å²) in [7, 11) is 0. The fraction of sp³-hybridized carbons (Fsp3) is 0.429. The summed E-state index contributed by atoms with van der Waals surface area (Å²) in [4.78, 5) is 16.3. The number of benzene rings is 1. The number of aryl methyl sites for hydroxylation is 1. The van der Waals surface area contributed by atoms with Gasteiger partial charge in [-0.3, -0.25) is 4.79 Å². The number of nitrogens with two attached hydrogens (primary N) is 1. The number of alkyl halides is 1. The van der Waals surface area contributed by atoms with Gasteiger partial charge in [-0.1, -0.05) is 12.1 Å². The maximum atomic E-state index is 11.8. The molecule has 0 bridgehead atoms. The number of amides is 1. The Labute approximate surface area is 117 Å². The van der Waals surface area contributed by atoms with Crippen LogP contribution in [0.25, 0.3) is 11.0 Å². The molecule has 1 aromatic heterocycles. The highest BCUT2D eigenvalue weighted by Crippen LogP contribution is 2.31. The predicted octanol–water partition coefficient (Wildman–Crippen LogP) is 2.86. The lowest BCUT2D eigenvalue weighted by molar-refractivity contribution is -0.125. The van der Waals surface area contributed by atoms with Gasteiger partial charge in [-0.2, -0.15) is 0 Å². The number of hydrogen-bond donors (Lipinski definition) is 1. The molecule has 4 nitrogen and oxygen atoms in total. The standard InChI is InChI=1S/C14H18ClN3O/c1-8-6-5-7-10-11(8)17-12(9(2)15)18(10)14(3,4)13(16)19/h5-7,9H,1-4H3,(H2,16,19). The van der Waals surface area contributed by atoms with Crippen LogP contribution >= 0.6 is 11.6 Å². The van der Waals surface area contributed by atoms with Gasteiger partial charge >= 0.3 is 0 Å². The van der Waals surface area contributed by atoms with Crippen molar-refractivity contribution in [1.29, 1.82) is 0 Å². The van der Waals surface area contributed by atoms with Crippen LogP contribution in [-0.4, -0.2) is 15.5 Å². The average Bonchev–Trinajstić information content (AvgIpc) is 2.70. The highest BCUT2D eigenvalue weighted by atomic mass is 35.5. The largest absolute Gasteiger partial charge is 0.368 e. The highest BCUT2D eigenvalue weighted by Gasteiger charge is 2.32. The molecule has 2 aromatic rings. The van der Waals surface area contributed by atoms with Crippen LogP contribution in [0.4, 0.5) is 0 Å². The number of aromatic nitrogens is 2. The van der Waals surface area contributed by atoms with Gasteiger partial charge in [0.25, 0.3) is 0 Å². The number of rotatable bonds is 3. The second-order valence-electron chi connectivity index (χ2n) is 5.29. The van der Waals surface area contributed by atoms with Crippen molar-refractivity contribution in [3.8, 4) is 0 Å². The minimum absolute atomic E-state index is 0.301. The van der Waals surface area contributed by atoms with Crippen molar-refractivity contribution < 1.29 is 4.79 Å². The molecule has 5 heteroatoms. The molecule has 19 heavy (non-hydrogen) atoms. The van der Waals surface area contributed by atoms with E-state index < -0.39 is 11.4 Å². The van der Waals surface area contributed by atoms with E-state index in [1.165, 1.54) is 0 Å². The molecule has 0 saturated heterocycles. The Morgan fingerprint density at radius 1 is 1.47 bits per heavy atom. The number of hydrogen-bond acceptors (Lipinski definition) is 2. The van der Waals surface area contributed by atoms with Gasteiger partial charge in [0, 0.05) is 0 Å². The number of fused-ring (bicyclic) bond motifs is 1. The van der Waals surface area contributed by atoms with E-state index in [2.05, 4.69) is 4.98 Å². The molecule has 0 aliphatic carbocycles. The molecule has 0 aliphatic rings. The van der Waals surface area contributed by atoms with Crippen LogP contribution in [0.5, 0.6) is 0 Å². The van der Waals surface area contributed by atoms with E-state index in [1.807, 2.05) is 36.6 Å². The molecule has 0 radical (unpaired) electrons. The fourth-order valence-electron chi connectivity index (χ4n) is 2.22. The smallest absolute Gasteiger partial charge is 0.243 e. The molecule has 0 saturated carbocycles.